The van der Waals surface area contributed by atoms with Crippen molar-refractivity contribution in [3.63, 3.8) is 0 Å². The molecule has 5 heteroatoms. The number of hydrogen-bond donors (Lipinski definition) is 0. The minimum atomic E-state index is -3.34. The average molecular weight is 270 g/mol. The molecule has 1 rings (SSSR count). The summed E-state index contributed by atoms with van der Waals surface area (Å²) in [4.78, 5) is 11.8. The number of rotatable bonds is 7. The van der Waals surface area contributed by atoms with Crippen molar-refractivity contribution in [3.05, 3.63) is 35.4 Å². The monoisotopic (exact) mass is 270 g/mol. The van der Waals surface area contributed by atoms with Crippen molar-refractivity contribution in [1.29, 1.82) is 0 Å². The number of carbonyl (C=O) groups is 1. The van der Waals surface area contributed by atoms with Gasteiger partial charge in [0.2, 0.25) is 0 Å². The Kier molecular flexibility index (Phi) is 5.50. The molecular formula is C13H18O4S. The van der Waals surface area contributed by atoms with E-state index in [0.717, 1.165) is 5.56 Å². The molecule has 0 aliphatic heterocycles. The molecule has 0 amide bonds. The smallest absolute Gasteiger partial charge is 0.177 e. The maximum absolute atomic E-state index is 11.8. The third-order valence-corrected chi connectivity index (χ3v) is 4.11. The second-order valence-corrected chi connectivity index (χ2v) is 6.42. The molecule has 0 aliphatic carbocycles. The summed E-state index contributed by atoms with van der Waals surface area (Å²) in [6.07, 6.45) is 0.417. The third kappa shape index (κ3) is 4.98. The molecule has 0 aromatic heterocycles. The first-order chi connectivity index (χ1) is 8.44. The van der Waals surface area contributed by atoms with Crippen LogP contribution in [0.2, 0.25) is 0 Å². The number of methoxy groups -OCH3 is 1. The molecule has 1 aromatic rings. The standard InChI is InChI=1S/C13H18O4S/c1-11-5-3-6-12(9-11)13(14)10-18(15,16)8-4-7-17-2/h3,5-6,9H,4,7-8,10H2,1-2H3. The highest BCUT2D eigenvalue weighted by Crippen LogP contribution is 2.07. The van der Waals surface area contributed by atoms with E-state index in [4.69, 9.17) is 4.74 Å². The lowest BCUT2D eigenvalue weighted by atomic mass is 10.1. The molecule has 0 spiro atoms. The maximum atomic E-state index is 11.8. The van der Waals surface area contributed by atoms with Gasteiger partial charge < -0.3 is 4.74 Å². The van der Waals surface area contributed by atoms with Gasteiger partial charge in [-0.25, -0.2) is 8.42 Å². The van der Waals surface area contributed by atoms with Crippen LogP contribution in [0.3, 0.4) is 0 Å². The molecule has 0 saturated carbocycles. The third-order valence-electron chi connectivity index (χ3n) is 2.49. The number of ether oxygens (including phenoxy) is 1. The van der Waals surface area contributed by atoms with Gasteiger partial charge in [-0.1, -0.05) is 23.8 Å². The second kappa shape index (κ2) is 6.66. The Morgan fingerprint density at radius 2 is 2.06 bits per heavy atom. The van der Waals surface area contributed by atoms with E-state index in [-0.39, 0.29) is 11.5 Å². The van der Waals surface area contributed by atoms with Crippen LogP contribution in [0.25, 0.3) is 0 Å². The molecule has 0 aliphatic rings. The summed E-state index contributed by atoms with van der Waals surface area (Å²) in [6, 6.07) is 6.96. The highest BCUT2D eigenvalue weighted by Gasteiger charge is 2.17. The lowest BCUT2D eigenvalue weighted by Gasteiger charge is -2.04. The lowest BCUT2D eigenvalue weighted by Crippen LogP contribution is -2.20. The fourth-order valence-corrected chi connectivity index (χ4v) is 2.87. The minimum Gasteiger partial charge on any atom is -0.385 e. The van der Waals surface area contributed by atoms with E-state index < -0.39 is 15.6 Å². The van der Waals surface area contributed by atoms with Crippen molar-refractivity contribution in [1.82, 2.24) is 0 Å². The molecule has 100 valence electrons. The van der Waals surface area contributed by atoms with Crippen LogP contribution in [0.5, 0.6) is 0 Å². The van der Waals surface area contributed by atoms with E-state index in [1.54, 1.807) is 18.2 Å². The summed E-state index contributed by atoms with van der Waals surface area (Å²) in [5.41, 5.74) is 1.39. The summed E-state index contributed by atoms with van der Waals surface area (Å²) >= 11 is 0. The number of aryl methyl sites for hydroxylation is 1. The van der Waals surface area contributed by atoms with Crippen molar-refractivity contribution < 1.29 is 17.9 Å². The molecule has 0 heterocycles. The highest BCUT2D eigenvalue weighted by molar-refractivity contribution is 7.92. The van der Waals surface area contributed by atoms with Crippen LogP contribution in [0.1, 0.15) is 22.3 Å². The van der Waals surface area contributed by atoms with Crippen LogP contribution in [0.15, 0.2) is 24.3 Å². The molecule has 0 unspecified atom stereocenters. The van der Waals surface area contributed by atoms with Gasteiger partial charge in [0, 0.05) is 19.3 Å². The fraction of sp³-hybridized carbons (Fsp3) is 0.462. The lowest BCUT2D eigenvalue weighted by molar-refractivity contribution is 0.102. The zero-order chi connectivity index (χ0) is 13.6. The summed E-state index contributed by atoms with van der Waals surface area (Å²) in [5.74, 6) is -0.797. The highest BCUT2D eigenvalue weighted by atomic mass is 32.2. The van der Waals surface area contributed by atoms with Crippen LogP contribution < -0.4 is 0 Å². The largest absolute Gasteiger partial charge is 0.385 e. The number of carbonyl (C=O) groups excluding carboxylic acids is 1. The molecule has 0 atom stereocenters. The summed E-state index contributed by atoms with van der Waals surface area (Å²) in [6.45, 7) is 2.25. The number of hydrogen-bond acceptors (Lipinski definition) is 4. The van der Waals surface area contributed by atoms with E-state index in [9.17, 15) is 13.2 Å². The van der Waals surface area contributed by atoms with E-state index >= 15 is 0 Å². The Labute approximate surface area is 108 Å². The Hall–Kier alpha value is -1.20. The zero-order valence-electron chi connectivity index (χ0n) is 10.7. The van der Waals surface area contributed by atoms with Gasteiger partial charge in [-0.05, 0) is 19.4 Å². The van der Waals surface area contributed by atoms with Crippen LogP contribution in [0, 0.1) is 6.92 Å². The SMILES string of the molecule is COCCCS(=O)(=O)CC(=O)c1cccc(C)c1. The second-order valence-electron chi connectivity index (χ2n) is 4.23. The van der Waals surface area contributed by atoms with Gasteiger partial charge in [0.25, 0.3) is 0 Å². The van der Waals surface area contributed by atoms with Gasteiger partial charge in [-0.2, -0.15) is 0 Å². The minimum absolute atomic E-state index is 0.0155. The summed E-state index contributed by atoms with van der Waals surface area (Å²) in [5, 5.41) is 0. The van der Waals surface area contributed by atoms with E-state index in [2.05, 4.69) is 0 Å². The first-order valence-electron chi connectivity index (χ1n) is 5.74. The number of ketones is 1. The Morgan fingerprint density at radius 1 is 1.33 bits per heavy atom. The summed E-state index contributed by atoms with van der Waals surface area (Å²) in [7, 11) is -1.83. The number of sulfone groups is 1. The molecule has 0 bridgehead atoms. The Morgan fingerprint density at radius 3 is 2.67 bits per heavy atom. The van der Waals surface area contributed by atoms with Crippen molar-refractivity contribution in [2.45, 2.75) is 13.3 Å². The van der Waals surface area contributed by atoms with Crippen LogP contribution in [-0.2, 0) is 14.6 Å². The molecule has 0 saturated heterocycles. The van der Waals surface area contributed by atoms with Crippen LogP contribution in [-0.4, -0.2) is 39.4 Å². The predicted octanol–water partition coefficient (Wildman–Crippen LogP) is 1.63. The van der Waals surface area contributed by atoms with Crippen molar-refractivity contribution >= 4 is 15.6 Å². The molecular weight excluding hydrogens is 252 g/mol. The molecule has 0 radical (unpaired) electrons. The molecule has 4 nitrogen and oxygen atoms in total. The molecule has 0 N–H and O–H groups in total. The van der Waals surface area contributed by atoms with Gasteiger partial charge in [0.05, 0.1) is 5.75 Å². The Balaban J connectivity index is 2.64. The molecule has 1 aromatic carbocycles. The number of Topliss-reactive ketones (excluding diaryl/α,β-unsaturated/α-hetero) is 1. The zero-order valence-corrected chi connectivity index (χ0v) is 11.5. The fourth-order valence-electron chi connectivity index (χ4n) is 1.60. The van der Waals surface area contributed by atoms with Crippen LogP contribution in [0.4, 0.5) is 0 Å². The quantitative estimate of drug-likeness (QED) is 0.558. The van der Waals surface area contributed by atoms with E-state index in [1.165, 1.54) is 7.11 Å². The van der Waals surface area contributed by atoms with Crippen molar-refractivity contribution in [2.75, 3.05) is 25.2 Å². The number of benzene rings is 1. The van der Waals surface area contributed by atoms with E-state index in [1.807, 2.05) is 13.0 Å². The average Bonchev–Trinajstić information content (AvgIpc) is 2.28. The molecule has 18 heavy (non-hydrogen) atoms. The first-order valence-corrected chi connectivity index (χ1v) is 7.56. The predicted molar refractivity (Wildman–Crippen MR) is 70.7 cm³/mol. The Bertz CT molecular complexity index is 505. The van der Waals surface area contributed by atoms with Crippen molar-refractivity contribution in [2.24, 2.45) is 0 Å². The normalized spacial score (nSPS) is 11.4. The van der Waals surface area contributed by atoms with Gasteiger partial charge in [-0.15, -0.1) is 0 Å². The van der Waals surface area contributed by atoms with Gasteiger partial charge in [0.15, 0.2) is 15.6 Å². The van der Waals surface area contributed by atoms with Gasteiger partial charge in [0.1, 0.15) is 5.75 Å². The topological polar surface area (TPSA) is 60.4 Å². The summed E-state index contributed by atoms with van der Waals surface area (Å²) < 4.78 is 28.2. The first kappa shape index (κ1) is 14.9. The van der Waals surface area contributed by atoms with Gasteiger partial charge in [-0.3, -0.25) is 4.79 Å². The van der Waals surface area contributed by atoms with Crippen LogP contribution >= 0.6 is 0 Å². The van der Waals surface area contributed by atoms with Crippen molar-refractivity contribution in [3.8, 4) is 0 Å². The van der Waals surface area contributed by atoms with E-state index in [0.29, 0.717) is 18.6 Å². The maximum Gasteiger partial charge on any atom is 0.177 e. The van der Waals surface area contributed by atoms with Gasteiger partial charge >= 0.3 is 0 Å². The molecule has 0 fully saturated rings.